The van der Waals surface area contributed by atoms with Crippen LogP contribution in [-0.4, -0.2) is 38.2 Å². The van der Waals surface area contributed by atoms with Gasteiger partial charge in [-0.3, -0.25) is 4.79 Å². The first-order valence-corrected chi connectivity index (χ1v) is 4.24. The minimum Gasteiger partial charge on any atom is -0.384 e. The van der Waals surface area contributed by atoms with Crippen molar-refractivity contribution >= 4 is 17.7 Å². The topological polar surface area (TPSA) is 38.3 Å². The average Bonchev–Trinajstić information content (AvgIpc) is 1.98. The highest BCUT2D eigenvalue weighted by Gasteiger charge is 1.95. The van der Waals surface area contributed by atoms with Gasteiger partial charge in [0.2, 0.25) is 5.91 Å². The van der Waals surface area contributed by atoms with Crippen LogP contribution in [0.25, 0.3) is 0 Å². The molecule has 0 saturated heterocycles. The van der Waals surface area contributed by atoms with Gasteiger partial charge in [0.15, 0.2) is 0 Å². The normalized spacial score (nSPS) is 9.40. The van der Waals surface area contributed by atoms with E-state index in [0.29, 0.717) is 12.4 Å². The quantitative estimate of drug-likeness (QED) is 0.585. The zero-order valence-electron chi connectivity index (χ0n) is 6.35. The van der Waals surface area contributed by atoms with E-state index in [4.69, 9.17) is 4.74 Å². The first-order valence-electron chi connectivity index (χ1n) is 3.08. The van der Waals surface area contributed by atoms with E-state index < -0.39 is 0 Å². The van der Waals surface area contributed by atoms with Gasteiger partial charge in [-0.05, 0) is 0 Å². The van der Waals surface area contributed by atoms with Crippen LogP contribution in [0.4, 0.5) is 0 Å². The Bertz CT molecular complexity index is 97.7. The zero-order chi connectivity index (χ0) is 7.82. The Hall–Kier alpha value is -0.220. The van der Waals surface area contributed by atoms with Crippen molar-refractivity contribution in [3.05, 3.63) is 0 Å². The van der Waals surface area contributed by atoms with Crippen LogP contribution in [0, 0.1) is 0 Å². The maximum absolute atomic E-state index is 10.6. The summed E-state index contributed by atoms with van der Waals surface area (Å²) in [4.78, 5) is 10.6. The summed E-state index contributed by atoms with van der Waals surface area (Å²) >= 11 is 1.57. The molecular weight excluding hydrogens is 150 g/mol. The standard InChI is InChI=1S/C6H13NO2S/c1-7-6(8)5-10-4-3-9-2/h3-5H2,1-2H3,(H,7,8). The monoisotopic (exact) mass is 163 g/mol. The van der Waals surface area contributed by atoms with E-state index in [1.165, 1.54) is 0 Å². The third-order valence-corrected chi connectivity index (χ3v) is 1.87. The van der Waals surface area contributed by atoms with Gasteiger partial charge < -0.3 is 10.1 Å². The van der Waals surface area contributed by atoms with Crippen molar-refractivity contribution in [2.45, 2.75) is 0 Å². The van der Waals surface area contributed by atoms with Crippen LogP contribution < -0.4 is 5.32 Å². The lowest BCUT2D eigenvalue weighted by Gasteiger charge is -1.98. The van der Waals surface area contributed by atoms with Gasteiger partial charge in [0.1, 0.15) is 0 Å². The number of nitrogens with one attached hydrogen (secondary N) is 1. The molecule has 3 nitrogen and oxygen atoms in total. The summed E-state index contributed by atoms with van der Waals surface area (Å²) in [7, 11) is 3.29. The molecular formula is C6H13NO2S. The van der Waals surface area contributed by atoms with Gasteiger partial charge in [-0.2, -0.15) is 0 Å². The molecule has 1 amide bonds. The highest BCUT2D eigenvalue weighted by atomic mass is 32.2. The summed E-state index contributed by atoms with van der Waals surface area (Å²) in [6, 6.07) is 0. The molecule has 0 aliphatic rings. The molecule has 1 N–H and O–H groups in total. The highest BCUT2D eigenvalue weighted by molar-refractivity contribution is 7.99. The molecule has 0 radical (unpaired) electrons. The van der Waals surface area contributed by atoms with Crippen LogP contribution in [0.1, 0.15) is 0 Å². The molecule has 4 heteroatoms. The van der Waals surface area contributed by atoms with Crippen LogP contribution in [0.15, 0.2) is 0 Å². The molecule has 0 aromatic carbocycles. The fraction of sp³-hybridized carbons (Fsp3) is 0.833. The number of carbonyl (C=O) groups excluding carboxylic acids is 1. The third-order valence-electron chi connectivity index (χ3n) is 0.944. The van der Waals surface area contributed by atoms with Gasteiger partial charge in [0.25, 0.3) is 0 Å². The van der Waals surface area contributed by atoms with E-state index in [0.717, 1.165) is 5.75 Å². The summed E-state index contributed by atoms with van der Waals surface area (Å²) < 4.78 is 4.80. The fourth-order valence-electron chi connectivity index (χ4n) is 0.379. The number of hydrogen-bond donors (Lipinski definition) is 1. The number of thioether (sulfide) groups is 1. The first-order chi connectivity index (χ1) is 4.81. The van der Waals surface area contributed by atoms with Crippen LogP contribution in [0.3, 0.4) is 0 Å². The lowest BCUT2D eigenvalue weighted by molar-refractivity contribution is -0.118. The molecule has 0 fully saturated rings. The van der Waals surface area contributed by atoms with Gasteiger partial charge in [0.05, 0.1) is 12.4 Å². The summed E-state index contributed by atoms with van der Waals surface area (Å²) in [5.41, 5.74) is 0. The Balaban J connectivity index is 2.96. The molecule has 0 rings (SSSR count). The molecule has 0 aliphatic heterocycles. The van der Waals surface area contributed by atoms with E-state index in [1.807, 2.05) is 0 Å². The summed E-state index contributed by atoms with van der Waals surface area (Å²) in [5, 5.41) is 2.54. The lowest BCUT2D eigenvalue weighted by Crippen LogP contribution is -2.20. The number of ether oxygens (including phenoxy) is 1. The fourth-order valence-corrected chi connectivity index (χ4v) is 1.14. The van der Waals surface area contributed by atoms with Gasteiger partial charge >= 0.3 is 0 Å². The Kier molecular flexibility index (Phi) is 6.74. The molecule has 0 spiro atoms. The van der Waals surface area contributed by atoms with Crippen molar-refractivity contribution in [1.82, 2.24) is 5.32 Å². The van der Waals surface area contributed by atoms with Crippen molar-refractivity contribution < 1.29 is 9.53 Å². The predicted octanol–water partition coefficient (Wildman–Crippen LogP) is 0.112. The molecule has 0 aromatic rings. The number of hydrogen-bond acceptors (Lipinski definition) is 3. The van der Waals surface area contributed by atoms with Crippen molar-refractivity contribution in [3.8, 4) is 0 Å². The van der Waals surface area contributed by atoms with E-state index in [-0.39, 0.29) is 5.91 Å². The smallest absolute Gasteiger partial charge is 0.229 e. The largest absolute Gasteiger partial charge is 0.384 e. The van der Waals surface area contributed by atoms with Gasteiger partial charge in [0, 0.05) is 19.9 Å². The Morgan fingerprint density at radius 2 is 2.40 bits per heavy atom. The first kappa shape index (κ1) is 9.78. The molecule has 0 aromatic heterocycles. The Morgan fingerprint density at radius 3 is 2.90 bits per heavy atom. The average molecular weight is 163 g/mol. The molecule has 0 saturated carbocycles. The number of rotatable bonds is 5. The summed E-state index contributed by atoms with van der Waals surface area (Å²) in [6.07, 6.45) is 0. The van der Waals surface area contributed by atoms with Crippen LogP contribution in [0.2, 0.25) is 0 Å². The van der Waals surface area contributed by atoms with Crippen molar-refractivity contribution in [1.29, 1.82) is 0 Å². The molecule has 0 bridgehead atoms. The molecule has 0 aliphatic carbocycles. The third kappa shape index (κ3) is 5.91. The molecule has 0 unspecified atom stereocenters. The zero-order valence-corrected chi connectivity index (χ0v) is 7.16. The molecule has 0 heterocycles. The van der Waals surface area contributed by atoms with E-state index in [9.17, 15) is 4.79 Å². The van der Waals surface area contributed by atoms with Gasteiger partial charge in [-0.25, -0.2) is 0 Å². The number of amides is 1. The van der Waals surface area contributed by atoms with Crippen molar-refractivity contribution in [2.24, 2.45) is 0 Å². The van der Waals surface area contributed by atoms with Crippen molar-refractivity contribution in [3.63, 3.8) is 0 Å². The van der Waals surface area contributed by atoms with E-state index >= 15 is 0 Å². The van der Waals surface area contributed by atoms with Gasteiger partial charge in [-0.15, -0.1) is 11.8 Å². The summed E-state index contributed by atoms with van der Waals surface area (Å²) in [6.45, 7) is 0.710. The second kappa shape index (κ2) is 6.89. The SMILES string of the molecule is CNC(=O)CSCCOC. The Labute approximate surface area is 65.5 Å². The lowest BCUT2D eigenvalue weighted by atomic mass is 10.7. The van der Waals surface area contributed by atoms with Crippen LogP contribution in [0.5, 0.6) is 0 Å². The minimum absolute atomic E-state index is 0.0705. The number of methoxy groups -OCH3 is 1. The maximum atomic E-state index is 10.6. The predicted molar refractivity (Wildman–Crippen MR) is 43.3 cm³/mol. The maximum Gasteiger partial charge on any atom is 0.229 e. The second-order valence-corrected chi connectivity index (χ2v) is 2.82. The van der Waals surface area contributed by atoms with Crippen LogP contribution >= 0.6 is 11.8 Å². The molecule has 10 heavy (non-hydrogen) atoms. The molecule has 0 atom stereocenters. The van der Waals surface area contributed by atoms with Gasteiger partial charge in [-0.1, -0.05) is 0 Å². The minimum atomic E-state index is 0.0705. The summed E-state index contributed by atoms with van der Waals surface area (Å²) in [5.74, 6) is 1.48. The van der Waals surface area contributed by atoms with E-state index in [2.05, 4.69) is 5.32 Å². The van der Waals surface area contributed by atoms with Crippen molar-refractivity contribution in [2.75, 3.05) is 32.3 Å². The van der Waals surface area contributed by atoms with Crippen LogP contribution in [-0.2, 0) is 9.53 Å². The highest BCUT2D eigenvalue weighted by Crippen LogP contribution is 1.97. The van der Waals surface area contributed by atoms with E-state index in [1.54, 1.807) is 25.9 Å². The molecule has 60 valence electrons. The Morgan fingerprint density at radius 1 is 1.70 bits per heavy atom. The second-order valence-electron chi connectivity index (χ2n) is 1.72. The number of carbonyl (C=O) groups is 1.